The fourth-order valence-corrected chi connectivity index (χ4v) is 6.39. The molecular weight excluding hydrogens is 615 g/mol. The van der Waals surface area contributed by atoms with Gasteiger partial charge in [-0.2, -0.15) is 22.0 Å². The SMILES string of the molecule is O=C(O)C1(C[C@H]2CN(S(=O)(=O)c3cccc(C(F)(F)F)c3)c3cc(-c4cc(F)cc(OC(F)F)c4F)ccc3O2)COC1. The zero-order chi connectivity index (χ0) is 31.3. The Bertz CT molecular complexity index is 1680. The Hall–Kier alpha value is -4.05. The second-order valence-corrected chi connectivity index (χ2v) is 11.8. The van der Waals surface area contributed by atoms with Crippen molar-refractivity contribution in [1.29, 1.82) is 0 Å². The molecule has 0 unspecified atom stereocenters. The van der Waals surface area contributed by atoms with Gasteiger partial charge in [0.25, 0.3) is 10.0 Å². The molecule has 230 valence electrons. The minimum absolute atomic E-state index is 0.169. The molecule has 0 aliphatic carbocycles. The number of halogens is 7. The molecule has 43 heavy (non-hydrogen) atoms. The standard InChI is InChI=1S/C27H20F7NO7S/c28-16-8-19(23(29)22(9-16)42-25(30)31)14-4-5-21-20(6-14)35(11-17(41-21)10-26(24(36)37)12-40-13-26)43(38,39)18-3-1-2-15(7-18)27(32,33)34/h1-9,17,25H,10-13H2,(H,36,37)/t17-/m0/s1. The number of rotatable bonds is 8. The highest BCUT2D eigenvalue weighted by Crippen LogP contribution is 2.44. The van der Waals surface area contributed by atoms with E-state index in [0.717, 1.165) is 24.3 Å². The molecule has 3 aromatic carbocycles. The van der Waals surface area contributed by atoms with E-state index in [-0.39, 0.29) is 36.6 Å². The fourth-order valence-electron chi connectivity index (χ4n) is 4.84. The van der Waals surface area contributed by atoms with E-state index in [1.165, 1.54) is 6.07 Å². The summed E-state index contributed by atoms with van der Waals surface area (Å²) in [4.78, 5) is 11.2. The van der Waals surface area contributed by atoms with Gasteiger partial charge in [0, 0.05) is 18.1 Å². The number of aliphatic carboxylic acids is 1. The molecule has 3 aromatic rings. The van der Waals surface area contributed by atoms with E-state index in [9.17, 15) is 44.7 Å². The molecule has 0 amide bonds. The van der Waals surface area contributed by atoms with Gasteiger partial charge in [-0.15, -0.1) is 0 Å². The summed E-state index contributed by atoms with van der Waals surface area (Å²) < 4.78 is 138. The average Bonchev–Trinajstić information content (AvgIpc) is 2.91. The third kappa shape index (κ3) is 5.80. The zero-order valence-electron chi connectivity index (χ0n) is 21.6. The maximum absolute atomic E-state index is 15.1. The molecule has 8 nitrogen and oxygen atoms in total. The number of anilines is 1. The van der Waals surface area contributed by atoms with Crippen molar-refractivity contribution < 1.29 is 63.3 Å². The molecule has 2 aliphatic rings. The molecule has 2 heterocycles. The number of hydrogen-bond donors (Lipinski definition) is 1. The predicted molar refractivity (Wildman–Crippen MR) is 134 cm³/mol. The van der Waals surface area contributed by atoms with E-state index in [2.05, 4.69) is 4.74 Å². The summed E-state index contributed by atoms with van der Waals surface area (Å²) in [7, 11) is -4.81. The van der Waals surface area contributed by atoms with Crippen molar-refractivity contribution in [3.8, 4) is 22.6 Å². The molecule has 0 aromatic heterocycles. The maximum atomic E-state index is 15.1. The van der Waals surface area contributed by atoms with Crippen LogP contribution in [-0.4, -0.2) is 52.0 Å². The summed E-state index contributed by atoms with van der Waals surface area (Å²) in [5, 5.41) is 9.71. The Kier molecular flexibility index (Phi) is 7.71. The van der Waals surface area contributed by atoms with Gasteiger partial charge in [-0.3, -0.25) is 9.10 Å². The molecule has 1 atom stereocenters. The molecule has 5 rings (SSSR count). The summed E-state index contributed by atoms with van der Waals surface area (Å²) >= 11 is 0. The Labute approximate surface area is 239 Å². The van der Waals surface area contributed by atoms with E-state index in [4.69, 9.17) is 9.47 Å². The van der Waals surface area contributed by atoms with Crippen molar-refractivity contribution in [2.75, 3.05) is 24.1 Å². The van der Waals surface area contributed by atoms with E-state index >= 15 is 4.39 Å². The number of carboxylic acid groups (broad SMARTS) is 1. The molecule has 1 N–H and O–H groups in total. The van der Waals surface area contributed by atoms with Crippen LogP contribution in [0.25, 0.3) is 11.1 Å². The Balaban J connectivity index is 1.62. The number of benzene rings is 3. The van der Waals surface area contributed by atoms with Crippen LogP contribution in [0.15, 0.2) is 59.5 Å². The van der Waals surface area contributed by atoms with Crippen LogP contribution in [0.5, 0.6) is 11.5 Å². The first-order chi connectivity index (χ1) is 20.1. The highest BCUT2D eigenvalue weighted by molar-refractivity contribution is 7.92. The monoisotopic (exact) mass is 635 g/mol. The highest BCUT2D eigenvalue weighted by atomic mass is 32.2. The lowest BCUT2D eigenvalue weighted by Crippen LogP contribution is -2.54. The van der Waals surface area contributed by atoms with Gasteiger partial charge in [0.05, 0.1) is 35.9 Å². The van der Waals surface area contributed by atoms with Crippen molar-refractivity contribution in [2.24, 2.45) is 5.41 Å². The molecule has 2 aliphatic heterocycles. The first-order valence-corrected chi connectivity index (χ1v) is 13.8. The van der Waals surface area contributed by atoms with E-state index in [0.29, 0.717) is 28.6 Å². The number of sulfonamides is 1. The lowest BCUT2D eigenvalue weighted by Gasteiger charge is -2.42. The minimum Gasteiger partial charge on any atom is -0.486 e. The van der Waals surface area contributed by atoms with Crippen LogP contribution >= 0.6 is 0 Å². The average molecular weight is 636 g/mol. The topological polar surface area (TPSA) is 102 Å². The lowest BCUT2D eigenvalue weighted by molar-refractivity contribution is -0.184. The number of alkyl halides is 5. The molecule has 1 fully saturated rings. The highest BCUT2D eigenvalue weighted by Gasteiger charge is 2.50. The first kappa shape index (κ1) is 30.4. The van der Waals surface area contributed by atoms with Gasteiger partial charge in [0.1, 0.15) is 23.1 Å². The van der Waals surface area contributed by atoms with Gasteiger partial charge >= 0.3 is 18.8 Å². The predicted octanol–water partition coefficient (Wildman–Crippen LogP) is 5.70. The van der Waals surface area contributed by atoms with Crippen LogP contribution in [0.4, 0.5) is 36.4 Å². The molecule has 0 radical (unpaired) electrons. The van der Waals surface area contributed by atoms with Crippen molar-refractivity contribution in [1.82, 2.24) is 0 Å². The van der Waals surface area contributed by atoms with Crippen LogP contribution in [0, 0.1) is 17.0 Å². The van der Waals surface area contributed by atoms with Gasteiger partial charge in [0.2, 0.25) is 0 Å². The second kappa shape index (κ2) is 10.9. The smallest absolute Gasteiger partial charge is 0.416 e. The third-order valence-electron chi connectivity index (χ3n) is 7.00. The number of nitrogens with zero attached hydrogens (tertiary/aromatic N) is 1. The number of carbonyl (C=O) groups is 1. The summed E-state index contributed by atoms with van der Waals surface area (Å²) in [6, 6.07) is 7.31. The number of ether oxygens (including phenoxy) is 3. The van der Waals surface area contributed by atoms with Crippen LogP contribution in [0.2, 0.25) is 0 Å². The first-order valence-electron chi connectivity index (χ1n) is 12.4. The van der Waals surface area contributed by atoms with Crippen molar-refractivity contribution in [3.63, 3.8) is 0 Å². The van der Waals surface area contributed by atoms with E-state index in [1.807, 2.05) is 0 Å². The van der Waals surface area contributed by atoms with Gasteiger partial charge < -0.3 is 19.3 Å². The summed E-state index contributed by atoms with van der Waals surface area (Å²) in [6.45, 7) is -4.43. The number of hydrogen-bond acceptors (Lipinski definition) is 6. The van der Waals surface area contributed by atoms with Crippen molar-refractivity contribution in [2.45, 2.75) is 30.2 Å². The van der Waals surface area contributed by atoms with Gasteiger partial charge in [-0.05, 0) is 42.0 Å². The number of carboxylic acids is 1. The Morgan fingerprint density at radius 2 is 1.81 bits per heavy atom. The minimum atomic E-state index is -4.88. The molecule has 16 heteroatoms. The lowest BCUT2D eigenvalue weighted by atomic mass is 9.80. The maximum Gasteiger partial charge on any atom is 0.416 e. The molecule has 0 spiro atoms. The van der Waals surface area contributed by atoms with Gasteiger partial charge in [-0.25, -0.2) is 17.2 Å². The van der Waals surface area contributed by atoms with Gasteiger partial charge in [0.15, 0.2) is 11.6 Å². The Morgan fingerprint density at radius 1 is 1.09 bits per heavy atom. The van der Waals surface area contributed by atoms with E-state index < -0.39 is 80.3 Å². The molecular formula is C27H20F7NO7S. The largest absolute Gasteiger partial charge is 0.486 e. The second-order valence-electron chi connectivity index (χ2n) is 9.91. The third-order valence-corrected chi connectivity index (χ3v) is 8.78. The van der Waals surface area contributed by atoms with Crippen LogP contribution < -0.4 is 13.8 Å². The summed E-state index contributed by atoms with van der Waals surface area (Å²) in [5.41, 5.74) is -3.76. The summed E-state index contributed by atoms with van der Waals surface area (Å²) in [5.74, 6) is -5.06. The van der Waals surface area contributed by atoms with Crippen LogP contribution in [0.3, 0.4) is 0 Å². The molecule has 1 saturated heterocycles. The normalized spacial score (nSPS) is 18.0. The number of fused-ring (bicyclic) bond motifs is 1. The van der Waals surface area contributed by atoms with Crippen LogP contribution in [0.1, 0.15) is 12.0 Å². The molecule has 0 bridgehead atoms. The quantitative estimate of drug-likeness (QED) is 0.317. The molecule has 0 saturated carbocycles. The van der Waals surface area contributed by atoms with Crippen molar-refractivity contribution in [3.05, 3.63) is 71.8 Å². The van der Waals surface area contributed by atoms with E-state index in [1.54, 1.807) is 0 Å². The fraction of sp³-hybridized carbons (Fsp3) is 0.296. The van der Waals surface area contributed by atoms with Crippen LogP contribution in [-0.2, 0) is 25.7 Å². The Morgan fingerprint density at radius 3 is 2.42 bits per heavy atom. The summed E-state index contributed by atoms with van der Waals surface area (Å²) in [6.07, 6.45) is -6.23. The zero-order valence-corrected chi connectivity index (χ0v) is 22.4. The van der Waals surface area contributed by atoms with Gasteiger partial charge in [-0.1, -0.05) is 12.1 Å². The van der Waals surface area contributed by atoms with Crippen molar-refractivity contribution >= 4 is 21.7 Å².